The summed E-state index contributed by atoms with van der Waals surface area (Å²) in [5.74, 6) is -3.38. The number of rotatable bonds is 7. The first-order valence-corrected chi connectivity index (χ1v) is 7.78. The lowest BCUT2D eigenvalue weighted by Crippen LogP contribution is -2.42. The Balaban J connectivity index is 2.12. The van der Waals surface area contributed by atoms with Crippen LogP contribution in [0, 0.1) is 5.82 Å². The first-order chi connectivity index (χ1) is 11.8. The molecule has 1 heterocycles. The van der Waals surface area contributed by atoms with Crippen molar-refractivity contribution in [1.82, 2.24) is 0 Å². The first kappa shape index (κ1) is 18.7. The zero-order chi connectivity index (χ0) is 18.4. The molecule has 1 fully saturated rings. The van der Waals surface area contributed by atoms with Crippen LogP contribution in [0.3, 0.4) is 0 Å². The zero-order valence-corrected chi connectivity index (χ0v) is 14.3. The molecule has 136 valence electrons. The minimum atomic E-state index is -1.31. The minimum absolute atomic E-state index is 0.297. The maximum atomic E-state index is 13.5. The van der Waals surface area contributed by atoms with Crippen molar-refractivity contribution in [3.05, 3.63) is 35.8 Å². The van der Waals surface area contributed by atoms with Gasteiger partial charge in [-0.3, -0.25) is 0 Å². The third-order valence-corrected chi connectivity index (χ3v) is 3.31. The van der Waals surface area contributed by atoms with E-state index < -0.39 is 23.5 Å². The van der Waals surface area contributed by atoms with Gasteiger partial charge in [0.2, 0.25) is 0 Å². The zero-order valence-electron chi connectivity index (χ0n) is 14.3. The Labute approximate surface area is 145 Å². The van der Waals surface area contributed by atoms with Gasteiger partial charge in [0.05, 0.1) is 11.4 Å². The Hall–Kier alpha value is -2.61. The van der Waals surface area contributed by atoms with Crippen LogP contribution in [0.5, 0.6) is 0 Å². The molecule has 0 unspecified atom stereocenters. The Bertz CT molecular complexity index is 666. The topological polar surface area (TPSA) is 85.9 Å². The van der Waals surface area contributed by atoms with Crippen LogP contribution in [0.1, 0.15) is 20.3 Å². The number of ether oxygens (including phenoxy) is 3. The number of hydrogen-bond donors (Lipinski definition) is 2. The lowest BCUT2D eigenvalue weighted by atomic mass is 10.2. The summed E-state index contributed by atoms with van der Waals surface area (Å²) in [5, 5.41) is 5.88. The Kier molecular flexibility index (Phi) is 5.97. The Morgan fingerprint density at radius 3 is 2.52 bits per heavy atom. The van der Waals surface area contributed by atoms with Gasteiger partial charge in [-0.15, -0.1) is 0 Å². The number of esters is 2. The van der Waals surface area contributed by atoms with Gasteiger partial charge >= 0.3 is 11.9 Å². The molecule has 0 atom stereocenters. The third kappa shape index (κ3) is 5.18. The normalized spacial score (nSPS) is 16.1. The number of nitrogens with one attached hydrogen (secondary N) is 2. The van der Waals surface area contributed by atoms with E-state index in [1.54, 1.807) is 13.2 Å². The molecule has 0 saturated carbocycles. The van der Waals surface area contributed by atoms with Crippen molar-refractivity contribution in [2.24, 2.45) is 0 Å². The second-order valence-corrected chi connectivity index (χ2v) is 5.84. The van der Waals surface area contributed by atoms with Crippen molar-refractivity contribution in [3.63, 3.8) is 0 Å². The van der Waals surface area contributed by atoms with Crippen LogP contribution >= 0.6 is 0 Å². The van der Waals surface area contributed by atoms with E-state index in [0.29, 0.717) is 24.5 Å². The molecule has 0 bridgehead atoms. The molecule has 0 aliphatic carbocycles. The van der Waals surface area contributed by atoms with Crippen molar-refractivity contribution in [3.8, 4) is 0 Å². The van der Waals surface area contributed by atoms with Crippen LogP contribution in [0.4, 0.5) is 15.8 Å². The van der Waals surface area contributed by atoms with Gasteiger partial charge in [-0.05, 0) is 24.6 Å². The predicted molar refractivity (Wildman–Crippen MR) is 89.4 cm³/mol. The molecule has 1 saturated heterocycles. The van der Waals surface area contributed by atoms with Crippen LogP contribution in [-0.4, -0.2) is 38.0 Å². The van der Waals surface area contributed by atoms with E-state index in [-0.39, 0.29) is 5.57 Å². The van der Waals surface area contributed by atoms with Gasteiger partial charge in [0.15, 0.2) is 5.57 Å². The van der Waals surface area contributed by atoms with Crippen LogP contribution in [0.2, 0.25) is 0 Å². The number of hydrogen-bond acceptors (Lipinski definition) is 7. The van der Waals surface area contributed by atoms with E-state index in [0.717, 1.165) is 12.6 Å². The highest BCUT2D eigenvalue weighted by molar-refractivity contribution is 6.15. The molecular formula is C17H21FN2O5. The molecular weight excluding hydrogens is 331 g/mol. The number of carbonyl (C=O) groups is 2. The summed E-state index contributed by atoms with van der Waals surface area (Å²) in [4.78, 5) is 23.8. The molecule has 1 aliphatic heterocycles. The van der Waals surface area contributed by atoms with Crippen molar-refractivity contribution in [2.45, 2.75) is 26.1 Å². The SMILES string of the molecule is COCCCNc1ccc(F)cc1NC=C1C(=O)OC(C)(C)OC1=O. The first-order valence-electron chi connectivity index (χ1n) is 7.78. The van der Waals surface area contributed by atoms with Gasteiger partial charge in [0.1, 0.15) is 5.82 Å². The maximum absolute atomic E-state index is 13.5. The summed E-state index contributed by atoms with van der Waals surface area (Å²) < 4.78 is 28.5. The van der Waals surface area contributed by atoms with Crippen LogP contribution < -0.4 is 10.6 Å². The van der Waals surface area contributed by atoms with Crippen LogP contribution in [0.25, 0.3) is 0 Å². The molecule has 2 N–H and O–H groups in total. The standard InChI is InChI=1S/C17H21FN2O5/c1-17(2)24-15(21)12(16(22)25-17)10-20-14-9-11(18)5-6-13(14)19-7-4-8-23-3/h5-6,9-10,19-20H,4,7-8H2,1-3H3. The van der Waals surface area contributed by atoms with Crippen molar-refractivity contribution >= 4 is 23.3 Å². The van der Waals surface area contributed by atoms with Crippen LogP contribution in [0.15, 0.2) is 30.0 Å². The van der Waals surface area contributed by atoms with Crippen LogP contribution in [-0.2, 0) is 23.8 Å². The van der Waals surface area contributed by atoms with E-state index in [2.05, 4.69) is 10.6 Å². The van der Waals surface area contributed by atoms with E-state index in [4.69, 9.17) is 14.2 Å². The number of halogens is 1. The van der Waals surface area contributed by atoms with Crippen molar-refractivity contribution in [2.75, 3.05) is 30.9 Å². The number of methoxy groups -OCH3 is 1. The smallest absolute Gasteiger partial charge is 0.350 e. The van der Waals surface area contributed by atoms with Gasteiger partial charge in [-0.2, -0.15) is 0 Å². The summed E-state index contributed by atoms with van der Waals surface area (Å²) in [6.45, 7) is 4.13. The molecule has 7 nitrogen and oxygen atoms in total. The fourth-order valence-corrected chi connectivity index (χ4v) is 2.16. The molecule has 0 aromatic heterocycles. The number of carbonyl (C=O) groups excluding carboxylic acids is 2. The summed E-state index contributed by atoms with van der Waals surface area (Å²) in [5.41, 5.74) is 0.691. The average molecular weight is 352 g/mol. The molecule has 0 amide bonds. The summed E-state index contributed by atoms with van der Waals surface area (Å²) >= 11 is 0. The fraction of sp³-hybridized carbons (Fsp3) is 0.412. The highest BCUT2D eigenvalue weighted by Crippen LogP contribution is 2.25. The summed E-state index contributed by atoms with van der Waals surface area (Å²) in [6.07, 6.45) is 1.91. The van der Waals surface area contributed by atoms with Gasteiger partial charge in [-0.1, -0.05) is 0 Å². The molecule has 0 radical (unpaired) electrons. The monoisotopic (exact) mass is 352 g/mol. The quantitative estimate of drug-likeness (QED) is 0.337. The largest absolute Gasteiger partial charge is 0.419 e. The van der Waals surface area contributed by atoms with E-state index >= 15 is 0 Å². The molecule has 25 heavy (non-hydrogen) atoms. The van der Waals surface area contributed by atoms with E-state index in [9.17, 15) is 14.0 Å². The third-order valence-electron chi connectivity index (χ3n) is 3.31. The number of anilines is 2. The Morgan fingerprint density at radius 1 is 1.20 bits per heavy atom. The predicted octanol–water partition coefficient (Wildman–Crippen LogP) is 2.41. The molecule has 1 aromatic carbocycles. The minimum Gasteiger partial charge on any atom is -0.419 e. The van der Waals surface area contributed by atoms with Crippen molar-refractivity contribution < 1.29 is 28.2 Å². The van der Waals surface area contributed by atoms with Gasteiger partial charge in [-0.25, -0.2) is 14.0 Å². The van der Waals surface area contributed by atoms with Gasteiger partial charge < -0.3 is 24.8 Å². The van der Waals surface area contributed by atoms with E-state index in [1.807, 2.05) is 0 Å². The second kappa shape index (κ2) is 7.98. The van der Waals surface area contributed by atoms with Crippen molar-refractivity contribution in [1.29, 1.82) is 0 Å². The number of benzene rings is 1. The van der Waals surface area contributed by atoms with Gasteiger partial charge in [0, 0.05) is 40.3 Å². The highest BCUT2D eigenvalue weighted by atomic mass is 19.1. The molecule has 8 heteroatoms. The number of cyclic esters (lactones) is 2. The maximum Gasteiger partial charge on any atom is 0.350 e. The molecule has 0 spiro atoms. The highest BCUT2D eigenvalue weighted by Gasteiger charge is 2.38. The average Bonchev–Trinajstić information content (AvgIpc) is 2.51. The Morgan fingerprint density at radius 2 is 1.88 bits per heavy atom. The fourth-order valence-electron chi connectivity index (χ4n) is 2.16. The van der Waals surface area contributed by atoms with E-state index in [1.165, 1.54) is 26.0 Å². The van der Waals surface area contributed by atoms with Gasteiger partial charge in [0.25, 0.3) is 5.79 Å². The lowest BCUT2D eigenvalue weighted by molar-refractivity contribution is -0.222. The second-order valence-electron chi connectivity index (χ2n) is 5.84. The molecule has 2 rings (SSSR count). The summed E-state index contributed by atoms with van der Waals surface area (Å²) in [6, 6.07) is 4.12. The lowest BCUT2D eigenvalue weighted by Gasteiger charge is -2.29. The molecule has 1 aromatic rings. The molecule has 1 aliphatic rings. The summed E-state index contributed by atoms with van der Waals surface area (Å²) in [7, 11) is 1.61.